The van der Waals surface area contributed by atoms with Gasteiger partial charge in [-0.25, -0.2) is 13.6 Å². The summed E-state index contributed by atoms with van der Waals surface area (Å²) in [7, 11) is -0.114. The lowest BCUT2D eigenvalue weighted by Crippen LogP contribution is -2.44. The number of aromatic nitrogens is 2. The van der Waals surface area contributed by atoms with E-state index in [0.29, 0.717) is 13.1 Å². The lowest BCUT2D eigenvalue weighted by molar-refractivity contribution is 0.145. The number of likely N-dealkylation sites (N-methyl/N-ethyl adjacent to an activating group) is 1. The molecule has 0 spiro atoms. The highest BCUT2D eigenvalue weighted by molar-refractivity contribution is 7.89. The first kappa shape index (κ1) is 18.8. The molecule has 9 heteroatoms. The van der Waals surface area contributed by atoms with E-state index in [1.807, 2.05) is 24.3 Å². The number of piperazine rings is 1. The Morgan fingerprint density at radius 1 is 1.12 bits per heavy atom. The van der Waals surface area contributed by atoms with E-state index in [-0.39, 0.29) is 5.03 Å². The summed E-state index contributed by atoms with van der Waals surface area (Å²) in [4.78, 5) is 4.58. The third kappa shape index (κ3) is 4.61. The number of nitrogens with two attached hydrogens (primary N) is 1. The highest BCUT2D eigenvalue weighted by Gasteiger charge is 2.20. The number of benzene rings is 1. The molecule has 0 bridgehead atoms. The van der Waals surface area contributed by atoms with E-state index in [1.54, 1.807) is 17.9 Å². The third-order valence-corrected chi connectivity index (χ3v) is 5.39. The average molecular weight is 379 g/mol. The van der Waals surface area contributed by atoms with Gasteiger partial charge in [0.05, 0.1) is 19.3 Å². The van der Waals surface area contributed by atoms with Crippen LogP contribution in [0.2, 0.25) is 0 Å². The Labute approximate surface area is 154 Å². The predicted molar refractivity (Wildman–Crippen MR) is 98.5 cm³/mol. The Morgan fingerprint density at radius 3 is 2.35 bits per heavy atom. The molecule has 1 aromatic heterocycles. The Morgan fingerprint density at radius 2 is 1.77 bits per heavy atom. The molecule has 142 valence electrons. The van der Waals surface area contributed by atoms with Gasteiger partial charge in [0.1, 0.15) is 5.75 Å². The molecular formula is C17H25N5O3S. The van der Waals surface area contributed by atoms with Gasteiger partial charge in [0.15, 0.2) is 5.03 Å². The van der Waals surface area contributed by atoms with Crippen LogP contribution in [0, 0.1) is 0 Å². The third-order valence-electron chi connectivity index (χ3n) is 4.61. The summed E-state index contributed by atoms with van der Waals surface area (Å²) in [5.74, 6) is 0.775. The van der Waals surface area contributed by atoms with Crippen LogP contribution in [0.3, 0.4) is 0 Å². The summed E-state index contributed by atoms with van der Waals surface area (Å²) in [6.07, 6.45) is 0. The van der Waals surface area contributed by atoms with Crippen LogP contribution in [0.1, 0.15) is 11.3 Å². The van der Waals surface area contributed by atoms with Crippen molar-refractivity contribution in [3.05, 3.63) is 41.6 Å². The van der Waals surface area contributed by atoms with Crippen molar-refractivity contribution in [2.45, 2.75) is 18.1 Å². The molecule has 1 aromatic carbocycles. The number of sulfonamides is 1. The Balaban J connectivity index is 1.83. The van der Waals surface area contributed by atoms with Gasteiger partial charge in [-0.3, -0.25) is 9.58 Å². The van der Waals surface area contributed by atoms with Crippen molar-refractivity contribution in [2.24, 2.45) is 5.14 Å². The standard InChI is InChI=1S/C17H25N5O3S/c1-20-7-9-21(10-8-20)13-15-11-17(26(18,23)24)19-22(15)12-14-3-5-16(25-2)6-4-14/h3-6,11H,7-10,12-13H2,1-2H3,(H2,18,23,24). The summed E-state index contributed by atoms with van der Waals surface area (Å²) in [6, 6.07) is 9.21. The van der Waals surface area contributed by atoms with Crippen LogP contribution < -0.4 is 9.88 Å². The zero-order valence-corrected chi connectivity index (χ0v) is 15.9. The lowest BCUT2D eigenvalue weighted by atomic mass is 10.2. The molecule has 0 unspecified atom stereocenters. The maximum absolute atomic E-state index is 11.7. The molecule has 1 fully saturated rings. The summed E-state index contributed by atoms with van der Waals surface area (Å²) in [5.41, 5.74) is 1.85. The molecule has 2 heterocycles. The topological polar surface area (TPSA) is 93.7 Å². The SMILES string of the molecule is COc1ccc(Cn2nc(S(N)(=O)=O)cc2CN2CCN(C)CC2)cc1. The van der Waals surface area contributed by atoms with Gasteiger partial charge in [-0.05, 0) is 24.7 Å². The van der Waals surface area contributed by atoms with E-state index in [9.17, 15) is 8.42 Å². The molecule has 1 aliphatic rings. The molecule has 0 aliphatic carbocycles. The maximum Gasteiger partial charge on any atom is 0.257 e. The first-order valence-electron chi connectivity index (χ1n) is 8.48. The zero-order valence-electron chi connectivity index (χ0n) is 15.1. The number of hydrogen-bond acceptors (Lipinski definition) is 6. The van der Waals surface area contributed by atoms with Crippen molar-refractivity contribution in [2.75, 3.05) is 40.3 Å². The van der Waals surface area contributed by atoms with Gasteiger partial charge in [-0.15, -0.1) is 0 Å². The van der Waals surface area contributed by atoms with Gasteiger partial charge >= 0.3 is 0 Å². The summed E-state index contributed by atoms with van der Waals surface area (Å²) < 4.78 is 30.4. The summed E-state index contributed by atoms with van der Waals surface area (Å²) in [6.45, 7) is 4.99. The summed E-state index contributed by atoms with van der Waals surface area (Å²) >= 11 is 0. The fourth-order valence-electron chi connectivity index (χ4n) is 2.97. The number of nitrogens with zero attached hydrogens (tertiary/aromatic N) is 4. The predicted octanol–water partition coefficient (Wildman–Crippen LogP) is 0.335. The molecule has 0 radical (unpaired) electrons. The van der Waals surface area contributed by atoms with E-state index in [2.05, 4.69) is 21.9 Å². The van der Waals surface area contributed by atoms with E-state index < -0.39 is 10.0 Å². The zero-order chi connectivity index (χ0) is 18.7. The molecule has 2 N–H and O–H groups in total. The first-order chi connectivity index (χ1) is 12.3. The van der Waals surface area contributed by atoms with Gasteiger partial charge in [0.25, 0.3) is 10.0 Å². The van der Waals surface area contributed by atoms with Crippen molar-refractivity contribution in [1.82, 2.24) is 19.6 Å². The second kappa shape index (κ2) is 7.75. The van der Waals surface area contributed by atoms with Crippen LogP contribution >= 0.6 is 0 Å². The van der Waals surface area contributed by atoms with E-state index in [4.69, 9.17) is 9.88 Å². The van der Waals surface area contributed by atoms with Crippen LogP contribution in [-0.4, -0.2) is 68.3 Å². The van der Waals surface area contributed by atoms with Gasteiger partial charge < -0.3 is 9.64 Å². The minimum absolute atomic E-state index is 0.0878. The molecule has 1 aliphatic heterocycles. The maximum atomic E-state index is 11.7. The molecule has 0 saturated carbocycles. The van der Waals surface area contributed by atoms with Gasteiger partial charge in [0, 0.05) is 38.8 Å². The van der Waals surface area contributed by atoms with Crippen LogP contribution in [0.25, 0.3) is 0 Å². The fraction of sp³-hybridized carbons (Fsp3) is 0.471. The largest absolute Gasteiger partial charge is 0.497 e. The minimum atomic E-state index is -3.84. The minimum Gasteiger partial charge on any atom is -0.497 e. The molecule has 0 amide bonds. The molecule has 8 nitrogen and oxygen atoms in total. The Kier molecular flexibility index (Phi) is 5.61. The number of rotatable bonds is 6. The molecule has 26 heavy (non-hydrogen) atoms. The molecule has 0 atom stereocenters. The molecular weight excluding hydrogens is 354 g/mol. The molecule has 3 rings (SSSR count). The lowest BCUT2D eigenvalue weighted by Gasteiger charge is -2.32. The number of ether oxygens (including phenoxy) is 1. The average Bonchev–Trinajstić information content (AvgIpc) is 3.00. The second-order valence-electron chi connectivity index (χ2n) is 6.60. The van der Waals surface area contributed by atoms with Gasteiger partial charge in [-0.2, -0.15) is 5.10 Å². The van der Waals surface area contributed by atoms with Gasteiger partial charge in [-0.1, -0.05) is 12.1 Å². The van der Waals surface area contributed by atoms with Crippen LogP contribution in [-0.2, 0) is 23.1 Å². The fourth-order valence-corrected chi connectivity index (χ4v) is 3.48. The molecule has 1 saturated heterocycles. The monoisotopic (exact) mass is 379 g/mol. The van der Waals surface area contributed by atoms with Crippen molar-refractivity contribution in [3.63, 3.8) is 0 Å². The van der Waals surface area contributed by atoms with Crippen molar-refractivity contribution in [1.29, 1.82) is 0 Å². The Bertz CT molecular complexity index is 840. The Hall–Kier alpha value is -1.94. The number of methoxy groups -OCH3 is 1. The van der Waals surface area contributed by atoms with Crippen LogP contribution in [0.4, 0.5) is 0 Å². The van der Waals surface area contributed by atoms with Crippen LogP contribution in [0.5, 0.6) is 5.75 Å². The van der Waals surface area contributed by atoms with Crippen molar-refractivity contribution < 1.29 is 13.2 Å². The molecule has 2 aromatic rings. The highest BCUT2D eigenvalue weighted by Crippen LogP contribution is 2.17. The van der Waals surface area contributed by atoms with Gasteiger partial charge in [0.2, 0.25) is 0 Å². The second-order valence-corrected chi connectivity index (χ2v) is 8.11. The normalized spacial score (nSPS) is 16.7. The highest BCUT2D eigenvalue weighted by atomic mass is 32.2. The van der Waals surface area contributed by atoms with E-state index >= 15 is 0 Å². The van der Waals surface area contributed by atoms with Crippen molar-refractivity contribution in [3.8, 4) is 5.75 Å². The quantitative estimate of drug-likeness (QED) is 0.778. The van der Waals surface area contributed by atoms with Crippen LogP contribution in [0.15, 0.2) is 35.4 Å². The smallest absolute Gasteiger partial charge is 0.257 e. The number of primary sulfonamides is 1. The van der Waals surface area contributed by atoms with E-state index in [1.165, 1.54) is 0 Å². The summed E-state index contributed by atoms with van der Waals surface area (Å²) in [5, 5.41) is 9.43. The van der Waals surface area contributed by atoms with E-state index in [0.717, 1.165) is 43.2 Å². The van der Waals surface area contributed by atoms with Crippen molar-refractivity contribution >= 4 is 10.0 Å². The number of hydrogen-bond donors (Lipinski definition) is 1. The first-order valence-corrected chi connectivity index (χ1v) is 10.0.